The molecule has 0 aromatic carbocycles. The maximum Gasteiger partial charge on any atom is 0.323 e. The number of carbonyl (C=O) groups excluding carboxylic acids is 1. The van der Waals surface area contributed by atoms with Gasteiger partial charge in [0.2, 0.25) is 0 Å². The minimum Gasteiger partial charge on any atom is -0.464 e. The molecule has 1 heterocycles. The molecule has 1 aliphatic rings. The van der Waals surface area contributed by atoms with Crippen LogP contribution >= 0.6 is 0 Å². The molecule has 5 nitrogen and oxygen atoms in total. The number of nitrogens with zero attached hydrogens (tertiary/aromatic N) is 1. The van der Waals surface area contributed by atoms with Crippen molar-refractivity contribution in [3.63, 3.8) is 0 Å². The van der Waals surface area contributed by atoms with Gasteiger partial charge >= 0.3 is 5.97 Å². The van der Waals surface area contributed by atoms with Gasteiger partial charge < -0.3 is 14.8 Å². The maximum atomic E-state index is 11.7. The summed E-state index contributed by atoms with van der Waals surface area (Å²) in [6.07, 6.45) is 0.760. The normalized spacial score (nSPS) is 19.4. The van der Waals surface area contributed by atoms with E-state index in [-0.39, 0.29) is 12.0 Å². The van der Waals surface area contributed by atoms with Crippen molar-refractivity contribution in [2.75, 3.05) is 46.5 Å². The second-order valence-corrected chi connectivity index (χ2v) is 3.98. The Hall–Kier alpha value is -0.650. The lowest BCUT2D eigenvalue weighted by molar-refractivity contribution is -0.150. The van der Waals surface area contributed by atoms with E-state index in [0.717, 1.165) is 32.6 Å². The number of piperazine rings is 1. The fraction of sp³-hybridized carbons (Fsp3) is 0.909. The van der Waals surface area contributed by atoms with Gasteiger partial charge in [0, 0.05) is 46.3 Å². The second kappa shape index (κ2) is 7.60. The average molecular weight is 230 g/mol. The van der Waals surface area contributed by atoms with Crippen LogP contribution in [0.5, 0.6) is 0 Å². The van der Waals surface area contributed by atoms with E-state index in [1.165, 1.54) is 0 Å². The minimum atomic E-state index is -0.135. The molecule has 0 aliphatic carbocycles. The van der Waals surface area contributed by atoms with Gasteiger partial charge in [-0.05, 0) is 6.92 Å². The number of hydrogen-bond donors (Lipinski definition) is 1. The van der Waals surface area contributed by atoms with E-state index in [0.29, 0.717) is 13.2 Å². The topological polar surface area (TPSA) is 50.8 Å². The third kappa shape index (κ3) is 4.47. The Bertz CT molecular complexity index is 205. The third-order valence-electron chi connectivity index (χ3n) is 2.78. The Balaban J connectivity index is 2.18. The van der Waals surface area contributed by atoms with Crippen LogP contribution in [0, 0.1) is 0 Å². The highest BCUT2D eigenvalue weighted by molar-refractivity contribution is 5.75. The highest BCUT2D eigenvalue weighted by Crippen LogP contribution is 2.03. The summed E-state index contributed by atoms with van der Waals surface area (Å²) >= 11 is 0. The van der Waals surface area contributed by atoms with Gasteiger partial charge in [-0.1, -0.05) is 0 Å². The monoisotopic (exact) mass is 230 g/mol. The molecule has 94 valence electrons. The fourth-order valence-corrected chi connectivity index (χ4v) is 1.72. The van der Waals surface area contributed by atoms with Crippen LogP contribution in [-0.2, 0) is 14.3 Å². The summed E-state index contributed by atoms with van der Waals surface area (Å²) in [4.78, 5) is 13.8. The molecule has 0 radical (unpaired) electrons. The van der Waals surface area contributed by atoms with E-state index in [4.69, 9.17) is 9.47 Å². The van der Waals surface area contributed by atoms with Crippen molar-refractivity contribution in [3.8, 4) is 0 Å². The van der Waals surface area contributed by atoms with Crippen molar-refractivity contribution in [3.05, 3.63) is 0 Å². The van der Waals surface area contributed by atoms with Crippen molar-refractivity contribution in [1.82, 2.24) is 10.2 Å². The van der Waals surface area contributed by atoms with Gasteiger partial charge in [0.25, 0.3) is 0 Å². The molecular weight excluding hydrogens is 208 g/mol. The fourth-order valence-electron chi connectivity index (χ4n) is 1.72. The molecule has 1 atom stereocenters. The zero-order valence-electron chi connectivity index (χ0n) is 10.2. The van der Waals surface area contributed by atoms with Crippen LogP contribution in [0.25, 0.3) is 0 Å². The molecule has 0 aromatic heterocycles. The average Bonchev–Trinajstić information content (AvgIpc) is 2.34. The Morgan fingerprint density at radius 1 is 1.38 bits per heavy atom. The lowest BCUT2D eigenvalue weighted by Gasteiger charge is -2.31. The van der Waals surface area contributed by atoms with Crippen LogP contribution in [0.3, 0.4) is 0 Å². The first-order valence-corrected chi connectivity index (χ1v) is 5.86. The van der Waals surface area contributed by atoms with Crippen molar-refractivity contribution < 1.29 is 14.3 Å². The number of hydrogen-bond acceptors (Lipinski definition) is 5. The molecule has 1 saturated heterocycles. The van der Waals surface area contributed by atoms with Gasteiger partial charge in [-0.25, -0.2) is 0 Å². The van der Waals surface area contributed by atoms with Crippen LogP contribution in [0.15, 0.2) is 0 Å². The molecule has 1 N–H and O–H groups in total. The van der Waals surface area contributed by atoms with Crippen molar-refractivity contribution >= 4 is 5.97 Å². The predicted molar refractivity (Wildman–Crippen MR) is 61.4 cm³/mol. The first kappa shape index (κ1) is 13.4. The van der Waals surface area contributed by atoms with Crippen LogP contribution in [0.2, 0.25) is 0 Å². The number of carbonyl (C=O) groups is 1. The summed E-state index contributed by atoms with van der Waals surface area (Å²) in [6, 6.07) is -0.135. The first-order valence-electron chi connectivity index (χ1n) is 5.86. The third-order valence-corrected chi connectivity index (χ3v) is 2.78. The number of nitrogens with one attached hydrogen (secondary N) is 1. The van der Waals surface area contributed by atoms with E-state index < -0.39 is 0 Å². The van der Waals surface area contributed by atoms with Gasteiger partial charge in [-0.15, -0.1) is 0 Å². The van der Waals surface area contributed by atoms with Crippen molar-refractivity contribution in [2.45, 2.75) is 19.4 Å². The molecule has 1 fully saturated rings. The van der Waals surface area contributed by atoms with E-state index in [9.17, 15) is 4.79 Å². The molecule has 0 aromatic rings. The molecule has 16 heavy (non-hydrogen) atoms. The van der Waals surface area contributed by atoms with E-state index in [2.05, 4.69) is 10.2 Å². The lowest BCUT2D eigenvalue weighted by atomic mass is 10.2. The lowest BCUT2D eigenvalue weighted by Crippen LogP contribution is -2.50. The van der Waals surface area contributed by atoms with Gasteiger partial charge in [-0.3, -0.25) is 9.69 Å². The summed E-state index contributed by atoms with van der Waals surface area (Å²) in [6.45, 7) is 6.70. The summed E-state index contributed by atoms with van der Waals surface area (Å²) in [7, 11) is 1.64. The second-order valence-electron chi connectivity index (χ2n) is 3.98. The van der Waals surface area contributed by atoms with E-state index in [1.807, 2.05) is 6.92 Å². The summed E-state index contributed by atoms with van der Waals surface area (Å²) in [5, 5.41) is 3.26. The predicted octanol–water partition coefficient (Wildman–Crippen LogP) is -0.140. The largest absolute Gasteiger partial charge is 0.464 e. The number of rotatable bonds is 6. The molecule has 1 unspecified atom stereocenters. The Kier molecular flexibility index (Phi) is 6.37. The first-order chi connectivity index (χ1) is 7.75. The molecule has 1 rings (SSSR count). The molecule has 0 spiro atoms. The van der Waals surface area contributed by atoms with E-state index in [1.54, 1.807) is 7.11 Å². The Labute approximate surface area is 97.1 Å². The van der Waals surface area contributed by atoms with E-state index >= 15 is 0 Å². The highest BCUT2D eigenvalue weighted by atomic mass is 16.5. The zero-order valence-corrected chi connectivity index (χ0v) is 10.2. The van der Waals surface area contributed by atoms with Gasteiger partial charge in [0.15, 0.2) is 0 Å². The molecule has 5 heteroatoms. The summed E-state index contributed by atoms with van der Waals surface area (Å²) < 4.78 is 10.1. The van der Waals surface area contributed by atoms with Crippen LogP contribution in [0.4, 0.5) is 0 Å². The van der Waals surface area contributed by atoms with Crippen molar-refractivity contribution in [2.24, 2.45) is 0 Å². The molecule has 0 bridgehead atoms. The molecular formula is C11H22N2O3. The van der Waals surface area contributed by atoms with Crippen LogP contribution in [0.1, 0.15) is 13.3 Å². The summed E-state index contributed by atoms with van der Waals surface area (Å²) in [5.74, 6) is -0.127. The number of esters is 1. The zero-order chi connectivity index (χ0) is 11.8. The molecule has 0 saturated carbocycles. The Morgan fingerprint density at radius 3 is 2.69 bits per heavy atom. The van der Waals surface area contributed by atoms with Crippen LogP contribution < -0.4 is 5.32 Å². The minimum absolute atomic E-state index is 0.127. The standard InChI is InChI=1S/C11H22N2O3/c1-10(13-6-4-12-5-7-13)11(14)16-9-3-8-15-2/h10,12H,3-9H2,1-2H3. The SMILES string of the molecule is COCCCOC(=O)C(C)N1CCNCC1. The quantitative estimate of drug-likeness (QED) is 0.508. The van der Waals surface area contributed by atoms with Crippen LogP contribution in [-0.4, -0.2) is 63.4 Å². The smallest absolute Gasteiger partial charge is 0.323 e. The number of ether oxygens (including phenoxy) is 2. The van der Waals surface area contributed by atoms with Gasteiger partial charge in [0.1, 0.15) is 6.04 Å². The van der Waals surface area contributed by atoms with Gasteiger partial charge in [-0.2, -0.15) is 0 Å². The molecule has 1 aliphatic heterocycles. The Morgan fingerprint density at radius 2 is 2.06 bits per heavy atom. The van der Waals surface area contributed by atoms with Gasteiger partial charge in [0.05, 0.1) is 6.61 Å². The molecule has 0 amide bonds. The van der Waals surface area contributed by atoms with Crippen molar-refractivity contribution in [1.29, 1.82) is 0 Å². The highest BCUT2D eigenvalue weighted by Gasteiger charge is 2.23. The summed E-state index contributed by atoms with van der Waals surface area (Å²) in [5.41, 5.74) is 0. The maximum absolute atomic E-state index is 11.7. The number of methoxy groups -OCH3 is 1.